The van der Waals surface area contributed by atoms with E-state index in [-0.39, 0.29) is 22.9 Å². The summed E-state index contributed by atoms with van der Waals surface area (Å²) in [5, 5.41) is 3.41. The number of rotatable bonds is 4. The second-order valence-corrected chi connectivity index (χ2v) is 7.71. The summed E-state index contributed by atoms with van der Waals surface area (Å²) in [6.45, 7) is 0. The highest BCUT2D eigenvalue weighted by molar-refractivity contribution is 5.97. The minimum absolute atomic E-state index is 0.0790. The van der Waals surface area contributed by atoms with Gasteiger partial charge in [-0.05, 0) is 43.7 Å². The number of carbonyl (C=O) groups is 1. The predicted octanol–water partition coefficient (Wildman–Crippen LogP) is 2.23. The summed E-state index contributed by atoms with van der Waals surface area (Å²) in [6.07, 6.45) is 6.05. The van der Waals surface area contributed by atoms with Gasteiger partial charge < -0.3 is 5.32 Å². The van der Waals surface area contributed by atoms with Crippen LogP contribution in [-0.2, 0) is 5.54 Å². The lowest BCUT2D eigenvalue weighted by atomic mass is 9.71. The quantitative estimate of drug-likeness (QED) is 0.730. The predicted molar refractivity (Wildman–Crippen MR) is 104 cm³/mol. The molecule has 2 aliphatic rings. The zero-order valence-electron chi connectivity index (χ0n) is 15.3. The first kappa shape index (κ1) is 16.9. The molecule has 0 aliphatic heterocycles. The highest BCUT2D eigenvalue weighted by Gasteiger charge is 2.40. The van der Waals surface area contributed by atoms with Crippen molar-refractivity contribution in [2.24, 2.45) is 0 Å². The van der Waals surface area contributed by atoms with Crippen LogP contribution in [0.3, 0.4) is 0 Å². The maximum atomic E-state index is 12.9. The molecule has 0 atom stereocenters. The Morgan fingerprint density at radius 3 is 2.57 bits per heavy atom. The molecule has 5 rings (SSSR count). The third-order valence-electron chi connectivity index (χ3n) is 5.84. The maximum absolute atomic E-state index is 12.9. The molecule has 0 spiro atoms. The van der Waals surface area contributed by atoms with Crippen LogP contribution in [0, 0.1) is 0 Å². The highest BCUT2D eigenvalue weighted by Crippen LogP contribution is 2.41. The van der Waals surface area contributed by atoms with Gasteiger partial charge in [-0.1, -0.05) is 30.3 Å². The van der Waals surface area contributed by atoms with Crippen LogP contribution in [-0.4, -0.2) is 20.4 Å². The zero-order chi connectivity index (χ0) is 19.3. The summed E-state index contributed by atoms with van der Waals surface area (Å²) < 4.78 is 1.52. The van der Waals surface area contributed by atoms with Crippen molar-refractivity contribution in [2.45, 2.75) is 43.7 Å². The van der Waals surface area contributed by atoms with E-state index in [9.17, 15) is 14.4 Å². The second kappa shape index (κ2) is 6.15. The number of amides is 1. The van der Waals surface area contributed by atoms with Crippen molar-refractivity contribution in [1.29, 1.82) is 0 Å². The summed E-state index contributed by atoms with van der Waals surface area (Å²) in [5.74, 6) is -0.262. The van der Waals surface area contributed by atoms with Gasteiger partial charge in [0, 0.05) is 12.2 Å². The molecule has 28 heavy (non-hydrogen) atoms. The van der Waals surface area contributed by atoms with Gasteiger partial charge >= 0.3 is 5.69 Å². The largest absolute Gasteiger partial charge is 0.342 e. The van der Waals surface area contributed by atoms with Gasteiger partial charge in [0.2, 0.25) is 0 Å². The fraction of sp³-hybridized carbons (Fsp3) is 0.333. The van der Waals surface area contributed by atoms with Gasteiger partial charge in [-0.25, -0.2) is 9.78 Å². The number of benzene rings is 1. The number of carbonyl (C=O) groups excluding carboxylic acids is 1. The minimum atomic E-state index is -0.513. The molecule has 2 heterocycles. The Hall–Kier alpha value is -3.22. The van der Waals surface area contributed by atoms with Crippen LogP contribution in [0.15, 0.2) is 52.2 Å². The van der Waals surface area contributed by atoms with Gasteiger partial charge in [-0.15, -0.1) is 0 Å². The Morgan fingerprint density at radius 2 is 1.93 bits per heavy atom. The van der Waals surface area contributed by atoms with Crippen LogP contribution in [0.25, 0.3) is 11.0 Å². The van der Waals surface area contributed by atoms with Crippen LogP contribution in [0.4, 0.5) is 0 Å². The molecule has 2 fully saturated rings. The Bertz CT molecular complexity index is 1190. The monoisotopic (exact) mass is 376 g/mol. The summed E-state index contributed by atoms with van der Waals surface area (Å²) in [6, 6.07) is 11.6. The molecule has 2 N–H and O–H groups in total. The number of nitrogens with zero attached hydrogens (tertiary/aromatic N) is 2. The van der Waals surface area contributed by atoms with E-state index in [1.54, 1.807) is 0 Å². The number of H-pyrrole nitrogens is 1. The smallest absolute Gasteiger partial charge is 0.330 e. The third-order valence-corrected chi connectivity index (χ3v) is 5.84. The SMILES string of the molecule is O=C(NC1(c2ccccc2)CCC1)c1cnc2c(c1)c(=O)[nH]c(=O)n2C1CC1. The average molecular weight is 376 g/mol. The number of aromatic amines is 1. The van der Waals surface area contributed by atoms with Crippen LogP contribution < -0.4 is 16.6 Å². The van der Waals surface area contributed by atoms with Crippen LogP contribution in [0.5, 0.6) is 0 Å². The molecule has 2 saturated carbocycles. The van der Waals surface area contributed by atoms with E-state index in [0.29, 0.717) is 11.2 Å². The van der Waals surface area contributed by atoms with Crippen molar-refractivity contribution in [2.75, 3.05) is 0 Å². The van der Waals surface area contributed by atoms with Crippen molar-refractivity contribution in [3.63, 3.8) is 0 Å². The van der Waals surface area contributed by atoms with E-state index < -0.39 is 11.2 Å². The van der Waals surface area contributed by atoms with E-state index in [2.05, 4.69) is 15.3 Å². The number of nitrogens with one attached hydrogen (secondary N) is 2. The molecule has 0 radical (unpaired) electrons. The summed E-state index contributed by atoms with van der Waals surface area (Å²) in [5.41, 5.74) is 0.425. The summed E-state index contributed by atoms with van der Waals surface area (Å²) in [7, 11) is 0. The Balaban J connectivity index is 1.52. The van der Waals surface area contributed by atoms with Gasteiger partial charge in [0.1, 0.15) is 5.65 Å². The fourth-order valence-corrected chi connectivity index (χ4v) is 4.00. The lowest BCUT2D eigenvalue weighted by Crippen LogP contribution is -2.50. The molecule has 0 unspecified atom stereocenters. The number of aromatic nitrogens is 3. The molecule has 1 aromatic carbocycles. The minimum Gasteiger partial charge on any atom is -0.342 e. The van der Waals surface area contributed by atoms with Gasteiger partial charge in [0.25, 0.3) is 11.5 Å². The molecule has 0 bridgehead atoms. The molecule has 2 aliphatic carbocycles. The van der Waals surface area contributed by atoms with E-state index in [4.69, 9.17) is 0 Å². The van der Waals surface area contributed by atoms with Crippen molar-refractivity contribution in [3.05, 3.63) is 74.6 Å². The highest BCUT2D eigenvalue weighted by atomic mass is 16.2. The zero-order valence-corrected chi connectivity index (χ0v) is 15.3. The summed E-state index contributed by atoms with van der Waals surface area (Å²) in [4.78, 5) is 44.0. The van der Waals surface area contributed by atoms with E-state index >= 15 is 0 Å². The first-order valence-corrected chi connectivity index (χ1v) is 9.60. The number of hydrogen-bond acceptors (Lipinski definition) is 4. The molecule has 0 saturated heterocycles. The van der Waals surface area contributed by atoms with Crippen LogP contribution >= 0.6 is 0 Å². The lowest BCUT2D eigenvalue weighted by molar-refractivity contribution is 0.0823. The molecular weight excluding hydrogens is 356 g/mol. The van der Waals surface area contributed by atoms with Crippen molar-refractivity contribution in [3.8, 4) is 0 Å². The van der Waals surface area contributed by atoms with Gasteiger partial charge in [-0.2, -0.15) is 0 Å². The lowest BCUT2D eigenvalue weighted by Gasteiger charge is -2.43. The molecule has 3 aromatic rings. The van der Waals surface area contributed by atoms with Crippen molar-refractivity contribution in [1.82, 2.24) is 19.9 Å². The first-order chi connectivity index (χ1) is 13.6. The molecule has 7 heteroatoms. The van der Waals surface area contributed by atoms with E-state index in [0.717, 1.165) is 37.7 Å². The molecular formula is C21H20N4O3. The van der Waals surface area contributed by atoms with Crippen LogP contribution in [0.1, 0.15) is 54.1 Å². The molecule has 1 amide bonds. The van der Waals surface area contributed by atoms with Gasteiger partial charge in [0.15, 0.2) is 0 Å². The normalized spacial score (nSPS) is 17.9. The Morgan fingerprint density at radius 1 is 1.18 bits per heavy atom. The summed E-state index contributed by atoms with van der Waals surface area (Å²) >= 11 is 0. The van der Waals surface area contributed by atoms with Gasteiger partial charge in [-0.3, -0.25) is 19.1 Å². The van der Waals surface area contributed by atoms with Gasteiger partial charge in [0.05, 0.1) is 16.5 Å². The Kier molecular flexibility index (Phi) is 3.72. The second-order valence-electron chi connectivity index (χ2n) is 7.71. The van der Waals surface area contributed by atoms with Crippen molar-refractivity contribution >= 4 is 16.9 Å². The fourth-order valence-electron chi connectivity index (χ4n) is 4.00. The number of pyridine rings is 1. The van der Waals surface area contributed by atoms with Crippen LogP contribution in [0.2, 0.25) is 0 Å². The van der Waals surface area contributed by atoms with Crippen molar-refractivity contribution < 1.29 is 4.79 Å². The topological polar surface area (TPSA) is 96.8 Å². The van der Waals surface area contributed by atoms with E-state index in [1.807, 2.05) is 30.3 Å². The number of fused-ring (bicyclic) bond motifs is 1. The molecule has 2 aromatic heterocycles. The molecule has 142 valence electrons. The third kappa shape index (κ3) is 2.66. The van der Waals surface area contributed by atoms with E-state index in [1.165, 1.54) is 16.8 Å². The molecule has 7 nitrogen and oxygen atoms in total. The Labute approximate surface area is 160 Å². The maximum Gasteiger partial charge on any atom is 0.330 e. The average Bonchev–Trinajstić information content (AvgIpc) is 3.50. The standard InChI is InChI=1S/C21H20N4O3/c26-18(24-21(9-4-10-21)14-5-2-1-3-6-14)13-11-16-17(22-12-13)25(15-7-8-15)20(28)23-19(16)27/h1-3,5-6,11-12,15H,4,7-10H2,(H,24,26)(H,23,27,28). The first-order valence-electron chi connectivity index (χ1n) is 9.60. The number of hydrogen-bond donors (Lipinski definition) is 2.